The molecule has 0 radical (unpaired) electrons. The van der Waals surface area contributed by atoms with E-state index in [4.69, 9.17) is 4.74 Å². The molecule has 1 unspecified atom stereocenters. The van der Waals surface area contributed by atoms with Gasteiger partial charge in [0.05, 0.1) is 11.7 Å². The average Bonchev–Trinajstić information content (AvgIpc) is 2.98. The molecular weight excluding hydrogens is 298 g/mol. The van der Waals surface area contributed by atoms with Crippen molar-refractivity contribution in [3.63, 3.8) is 0 Å². The van der Waals surface area contributed by atoms with Gasteiger partial charge in [-0.3, -0.25) is 0 Å². The number of fused-ring (bicyclic) bond motifs is 1. The maximum atomic E-state index is 13.4. The van der Waals surface area contributed by atoms with Crippen LogP contribution in [0, 0.1) is 11.6 Å². The van der Waals surface area contributed by atoms with Gasteiger partial charge in [0.25, 0.3) is 0 Å². The van der Waals surface area contributed by atoms with Crippen LogP contribution >= 0.6 is 0 Å². The van der Waals surface area contributed by atoms with Crippen molar-refractivity contribution >= 4 is 10.9 Å². The van der Waals surface area contributed by atoms with Crippen molar-refractivity contribution in [1.29, 1.82) is 0 Å². The van der Waals surface area contributed by atoms with Gasteiger partial charge in [-0.15, -0.1) is 0 Å². The predicted octanol–water partition coefficient (Wildman–Crippen LogP) is 4.68. The molecule has 0 N–H and O–H groups in total. The standard InChI is InChI=1S/C18H16F2N2O/c19-15-8-13(9-16(20)10-15)12-4-5-17-14(7-12)11-21-22(17)18-3-1-2-6-23-18/h4-5,7-11,18H,1-3,6H2. The van der Waals surface area contributed by atoms with Crippen LogP contribution in [0.3, 0.4) is 0 Å². The summed E-state index contributed by atoms with van der Waals surface area (Å²) in [4.78, 5) is 0. The first-order chi connectivity index (χ1) is 11.2. The average molecular weight is 314 g/mol. The molecule has 0 saturated carbocycles. The Bertz CT molecular complexity index is 833. The Balaban J connectivity index is 1.74. The van der Waals surface area contributed by atoms with Gasteiger partial charge in [0.1, 0.15) is 11.6 Å². The minimum atomic E-state index is -0.577. The van der Waals surface area contributed by atoms with Gasteiger partial charge in [-0.25, -0.2) is 13.5 Å². The molecule has 2 aromatic carbocycles. The van der Waals surface area contributed by atoms with Gasteiger partial charge in [0.2, 0.25) is 0 Å². The van der Waals surface area contributed by atoms with Crippen LogP contribution in [-0.2, 0) is 4.74 Å². The number of ether oxygens (including phenoxy) is 1. The van der Waals surface area contributed by atoms with Crippen LogP contribution in [0.25, 0.3) is 22.0 Å². The second-order valence-electron chi connectivity index (χ2n) is 5.84. The molecule has 3 aromatic rings. The molecule has 5 heteroatoms. The Kier molecular flexibility index (Phi) is 3.58. The van der Waals surface area contributed by atoms with Gasteiger partial charge in [-0.05, 0) is 54.7 Å². The lowest BCUT2D eigenvalue weighted by Crippen LogP contribution is -2.18. The normalized spacial score (nSPS) is 18.4. The summed E-state index contributed by atoms with van der Waals surface area (Å²) in [6.45, 7) is 0.757. The second-order valence-corrected chi connectivity index (χ2v) is 5.84. The van der Waals surface area contributed by atoms with Gasteiger partial charge in [0.15, 0.2) is 6.23 Å². The molecule has 0 spiro atoms. The fourth-order valence-corrected chi connectivity index (χ4v) is 3.10. The van der Waals surface area contributed by atoms with Crippen LogP contribution in [0.4, 0.5) is 8.78 Å². The Hall–Kier alpha value is -2.27. The number of aromatic nitrogens is 2. The molecule has 0 amide bonds. The van der Waals surface area contributed by atoms with E-state index in [-0.39, 0.29) is 6.23 Å². The van der Waals surface area contributed by atoms with Crippen LogP contribution in [0.2, 0.25) is 0 Å². The first-order valence-electron chi connectivity index (χ1n) is 7.76. The topological polar surface area (TPSA) is 27.1 Å². The number of rotatable bonds is 2. The molecule has 2 heterocycles. The highest BCUT2D eigenvalue weighted by Gasteiger charge is 2.18. The Labute approximate surface area is 132 Å². The van der Waals surface area contributed by atoms with Gasteiger partial charge >= 0.3 is 0 Å². The third-order valence-electron chi connectivity index (χ3n) is 4.22. The lowest BCUT2D eigenvalue weighted by Gasteiger charge is -2.23. The third-order valence-corrected chi connectivity index (χ3v) is 4.22. The van der Waals surface area contributed by atoms with E-state index in [1.54, 1.807) is 6.20 Å². The third kappa shape index (κ3) is 2.72. The molecule has 1 aromatic heterocycles. The van der Waals surface area contributed by atoms with Gasteiger partial charge in [0, 0.05) is 18.1 Å². The van der Waals surface area contributed by atoms with Gasteiger partial charge in [-0.1, -0.05) is 6.07 Å². The van der Waals surface area contributed by atoms with Gasteiger partial charge in [-0.2, -0.15) is 5.10 Å². The van der Waals surface area contributed by atoms with Crippen molar-refractivity contribution in [2.24, 2.45) is 0 Å². The maximum Gasteiger partial charge on any atom is 0.150 e. The highest BCUT2D eigenvalue weighted by atomic mass is 19.1. The summed E-state index contributed by atoms with van der Waals surface area (Å²) >= 11 is 0. The van der Waals surface area contributed by atoms with Crippen molar-refractivity contribution in [3.05, 3.63) is 54.2 Å². The summed E-state index contributed by atoms with van der Waals surface area (Å²) in [7, 11) is 0. The Morgan fingerprint density at radius 3 is 2.57 bits per heavy atom. The van der Waals surface area contributed by atoms with Crippen molar-refractivity contribution < 1.29 is 13.5 Å². The van der Waals surface area contributed by atoms with E-state index in [2.05, 4.69) is 5.10 Å². The minimum absolute atomic E-state index is 0.0290. The first-order valence-corrected chi connectivity index (χ1v) is 7.76. The molecule has 23 heavy (non-hydrogen) atoms. The summed E-state index contributed by atoms with van der Waals surface area (Å²) in [6.07, 6.45) is 4.91. The Morgan fingerprint density at radius 1 is 1.00 bits per heavy atom. The largest absolute Gasteiger partial charge is 0.356 e. The number of hydrogen-bond donors (Lipinski definition) is 0. The molecule has 0 aliphatic carbocycles. The summed E-state index contributed by atoms with van der Waals surface area (Å²) in [6, 6.07) is 9.23. The van der Waals surface area contributed by atoms with Gasteiger partial charge < -0.3 is 4.74 Å². The number of hydrogen-bond acceptors (Lipinski definition) is 2. The smallest absolute Gasteiger partial charge is 0.150 e. The summed E-state index contributed by atoms with van der Waals surface area (Å²) in [5.74, 6) is -1.15. The van der Waals surface area contributed by atoms with Crippen molar-refractivity contribution in [3.8, 4) is 11.1 Å². The van der Waals surface area contributed by atoms with E-state index >= 15 is 0 Å². The molecule has 1 aliphatic heterocycles. The zero-order chi connectivity index (χ0) is 15.8. The van der Waals surface area contributed by atoms with Crippen LogP contribution in [-0.4, -0.2) is 16.4 Å². The van der Waals surface area contributed by atoms with E-state index in [0.29, 0.717) is 5.56 Å². The first kappa shape index (κ1) is 14.3. The van der Waals surface area contributed by atoms with Crippen LogP contribution < -0.4 is 0 Å². The van der Waals surface area contributed by atoms with E-state index in [1.165, 1.54) is 12.1 Å². The molecule has 1 fully saturated rings. The van der Waals surface area contributed by atoms with E-state index in [1.807, 2.05) is 22.9 Å². The fourth-order valence-electron chi connectivity index (χ4n) is 3.10. The molecule has 3 nitrogen and oxygen atoms in total. The SMILES string of the molecule is Fc1cc(F)cc(-c2ccc3c(cnn3C3CCCCO3)c2)c1. The van der Waals surface area contributed by atoms with Crippen molar-refractivity contribution in [2.45, 2.75) is 25.5 Å². The highest BCUT2D eigenvalue weighted by Crippen LogP contribution is 2.29. The van der Waals surface area contributed by atoms with Crippen LogP contribution in [0.1, 0.15) is 25.5 Å². The maximum absolute atomic E-state index is 13.4. The quantitative estimate of drug-likeness (QED) is 0.686. The van der Waals surface area contributed by atoms with Crippen molar-refractivity contribution in [1.82, 2.24) is 9.78 Å². The monoisotopic (exact) mass is 314 g/mol. The fraction of sp³-hybridized carbons (Fsp3) is 0.278. The summed E-state index contributed by atoms with van der Waals surface area (Å²) < 4.78 is 34.5. The molecule has 1 saturated heterocycles. The van der Waals surface area contributed by atoms with Crippen LogP contribution in [0.5, 0.6) is 0 Å². The molecule has 1 atom stereocenters. The molecule has 4 rings (SSSR count). The molecule has 118 valence electrons. The van der Waals surface area contributed by atoms with Crippen LogP contribution in [0.15, 0.2) is 42.6 Å². The molecule has 0 bridgehead atoms. The summed E-state index contributed by atoms with van der Waals surface area (Å²) in [5.41, 5.74) is 2.25. The lowest BCUT2D eigenvalue weighted by atomic mass is 10.0. The minimum Gasteiger partial charge on any atom is -0.356 e. The number of benzene rings is 2. The molecular formula is C18H16F2N2O. The van der Waals surface area contributed by atoms with E-state index < -0.39 is 11.6 Å². The van der Waals surface area contributed by atoms with E-state index in [9.17, 15) is 8.78 Å². The summed E-state index contributed by atoms with van der Waals surface area (Å²) in [5, 5.41) is 5.36. The second kappa shape index (κ2) is 5.74. The highest BCUT2D eigenvalue weighted by molar-refractivity contribution is 5.84. The predicted molar refractivity (Wildman–Crippen MR) is 83.9 cm³/mol. The zero-order valence-corrected chi connectivity index (χ0v) is 12.5. The number of halogens is 2. The van der Waals surface area contributed by atoms with Crippen molar-refractivity contribution in [2.75, 3.05) is 6.61 Å². The number of nitrogens with zero attached hydrogens (tertiary/aromatic N) is 2. The Morgan fingerprint density at radius 2 is 1.83 bits per heavy atom. The van der Waals surface area contributed by atoms with E-state index in [0.717, 1.165) is 48.4 Å². The lowest BCUT2D eigenvalue weighted by molar-refractivity contribution is -0.0366. The molecule has 1 aliphatic rings. The zero-order valence-electron chi connectivity index (χ0n) is 12.5.